The Morgan fingerprint density at radius 1 is 0.288 bits per heavy atom. The lowest BCUT2D eigenvalue weighted by molar-refractivity contribution is -0.137. The molecule has 0 radical (unpaired) electrons. The van der Waals surface area contributed by atoms with Gasteiger partial charge in [-0.3, -0.25) is 0 Å². The van der Waals surface area contributed by atoms with Crippen LogP contribution in [0.4, 0.5) is 13.2 Å². The van der Waals surface area contributed by atoms with Crippen LogP contribution in [0, 0.1) is 6.92 Å². The summed E-state index contributed by atoms with van der Waals surface area (Å²) in [6.07, 6.45) is -4.47. The van der Waals surface area contributed by atoms with Crippen molar-refractivity contribution in [2.45, 2.75) is 13.1 Å². The molecule has 0 aromatic heterocycles. The summed E-state index contributed by atoms with van der Waals surface area (Å²) in [7, 11) is 0. The van der Waals surface area contributed by atoms with Gasteiger partial charge in [-0.1, -0.05) is 139 Å². The van der Waals surface area contributed by atoms with E-state index in [2.05, 4.69) is 177 Å². The molecular weight excluding hydrogens is 730 g/mol. The monoisotopic (exact) mass is 764 g/mol. The van der Waals surface area contributed by atoms with Gasteiger partial charge >= 0.3 is 6.18 Å². The second kappa shape index (κ2) is 13.4. The van der Waals surface area contributed by atoms with E-state index in [-0.39, 0.29) is 0 Å². The van der Waals surface area contributed by atoms with E-state index in [4.69, 9.17) is 0 Å². The molecule has 0 unspecified atom stereocenters. The molecule has 0 saturated heterocycles. The first kappa shape index (κ1) is 35.0. The van der Waals surface area contributed by atoms with Crippen LogP contribution < -0.4 is 0 Å². The van der Waals surface area contributed by atoms with Crippen LogP contribution >= 0.6 is 0 Å². The molecule has 280 valence electrons. The summed E-state index contributed by atoms with van der Waals surface area (Å²) < 4.78 is 42.5. The summed E-state index contributed by atoms with van der Waals surface area (Å²) in [4.78, 5) is 0. The molecule has 0 nitrogen and oxygen atoms in total. The minimum absolute atomic E-state index is 0.517. The third-order valence-corrected chi connectivity index (χ3v) is 12.0. The van der Waals surface area contributed by atoms with Gasteiger partial charge in [-0.15, -0.1) is 0 Å². The Labute approximate surface area is 339 Å². The molecule has 0 bridgehead atoms. The molecule has 0 saturated carbocycles. The minimum atomic E-state index is -4.47. The van der Waals surface area contributed by atoms with E-state index in [1.54, 1.807) is 6.07 Å². The Hall–Kier alpha value is -7.23. The highest BCUT2D eigenvalue weighted by Gasteiger charge is 2.30. The molecule has 0 fully saturated rings. The van der Waals surface area contributed by atoms with Gasteiger partial charge in [-0.05, 0) is 177 Å². The molecule has 0 aliphatic carbocycles. The van der Waals surface area contributed by atoms with Gasteiger partial charge in [0.15, 0.2) is 0 Å². The van der Waals surface area contributed by atoms with Crippen LogP contribution in [0.25, 0.3) is 109 Å². The predicted molar refractivity (Wildman–Crippen MR) is 243 cm³/mol. The molecule has 0 aliphatic rings. The van der Waals surface area contributed by atoms with Crippen molar-refractivity contribution in [3.63, 3.8) is 0 Å². The Bertz CT molecular complexity index is 3480. The molecule has 59 heavy (non-hydrogen) atoms. The van der Waals surface area contributed by atoms with Crippen molar-refractivity contribution in [2.24, 2.45) is 0 Å². The van der Waals surface area contributed by atoms with E-state index in [0.29, 0.717) is 5.56 Å². The average Bonchev–Trinajstić information content (AvgIpc) is 3.27. The molecular formula is C56H35F3. The highest BCUT2D eigenvalue weighted by Crippen LogP contribution is 2.46. The largest absolute Gasteiger partial charge is 0.416 e. The number of rotatable bonds is 4. The number of halogens is 3. The van der Waals surface area contributed by atoms with Gasteiger partial charge in [0.05, 0.1) is 5.56 Å². The van der Waals surface area contributed by atoms with Crippen molar-refractivity contribution in [3.8, 4) is 44.5 Å². The molecule has 11 rings (SSSR count). The van der Waals surface area contributed by atoms with E-state index in [1.165, 1.54) is 28.5 Å². The van der Waals surface area contributed by atoms with Gasteiger partial charge in [0, 0.05) is 0 Å². The summed E-state index contributed by atoms with van der Waals surface area (Å²) in [5.41, 5.74) is 8.26. The first-order valence-corrected chi connectivity index (χ1v) is 19.9. The first-order chi connectivity index (χ1) is 28.8. The zero-order chi connectivity index (χ0) is 39.8. The van der Waals surface area contributed by atoms with Crippen molar-refractivity contribution in [3.05, 3.63) is 205 Å². The fourth-order valence-electron chi connectivity index (χ4n) is 9.18. The highest BCUT2D eigenvalue weighted by molar-refractivity contribution is 6.21. The number of alkyl halides is 3. The standard InChI is InChI=1S/C56H35F3/c1-34-21-23-35(24-22-34)39-25-41-32-51-42(33-50(41)54(30-39)52-28-37-11-2-4-15-44(37)46-17-6-8-19-48(46)52)26-40(36-13-10-14-43(27-36)56(57,58)59)31-55(51)53-29-38-12-3-5-16-45(38)47-18-7-9-20-49(47)53/h2-33H,1H3. The van der Waals surface area contributed by atoms with Crippen molar-refractivity contribution in [1.82, 2.24) is 0 Å². The Kier molecular flexibility index (Phi) is 7.96. The van der Waals surface area contributed by atoms with Crippen LogP contribution in [0.2, 0.25) is 0 Å². The number of aryl methyl sites for hydroxylation is 1. The van der Waals surface area contributed by atoms with Crippen molar-refractivity contribution >= 4 is 64.6 Å². The second-order valence-corrected chi connectivity index (χ2v) is 15.7. The van der Waals surface area contributed by atoms with Gasteiger partial charge in [0.25, 0.3) is 0 Å². The molecule has 3 heteroatoms. The molecule has 0 aliphatic heterocycles. The fraction of sp³-hybridized carbons (Fsp3) is 0.0357. The van der Waals surface area contributed by atoms with Crippen LogP contribution in [0.3, 0.4) is 0 Å². The second-order valence-electron chi connectivity index (χ2n) is 15.7. The zero-order valence-electron chi connectivity index (χ0n) is 32.1. The lowest BCUT2D eigenvalue weighted by Crippen LogP contribution is -2.04. The third kappa shape index (κ3) is 5.92. The van der Waals surface area contributed by atoms with Crippen LogP contribution in [0.15, 0.2) is 194 Å². The van der Waals surface area contributed by atoms with E-state index in [1.807, 2.05) is 0 Å². The smallest absolute Gasteiger partial charge is 0.166 e. The number of benzene rings is 11. The first-order valence-electron chi connectivity index (χ1n) is 19.9. The molecule has 0 atom stereocenters. The van der Waals surface area contributed by atoms with Crippen molar-refractivity contribution in [2.75, 3.05) is 0 Å². The summed E-state index contributed by atoms with van der Waals surface area (Å²) in [6.45, 7) is 2.11. The van der Waals surface area contributed by atoms with E-state index in [9.17, 15) is 13.2 Å². The summed E-state index contributed by atoms with van der Waals surface area (Å²) in [5.74, 6) is 0. The minimum Gasteiger partial charge on any atom is -0.166 e. The van der Waals surface area contributed by atoms with Crippen LogP contribution in [0.1, 0.15) is 11.1 Å². The van der Waals surface area contributed by atoms with Crippen LogP contribution in [-0.2, 0) is 6.18 Å². The van der Waals surface area contributed by atoms with Gasteiger partial charge in [0.2, 0.25) is 0 Å². The lowest BCUT2D eigenvalue weighted by Gasteiger charge is -2.19. The summed E-state index contributed by atoms with van der Waals surface area (Å²) >= 11 is 0. The van der Waals surface area contributed by atoms with Crippen molar-refractivity contribution in [1.29, 1.82) is 0 Å². The maximum atomic E-state index is 14.2. The normalized spacial score (nSPS) is 12.1. The summed E-state index contributed by atoms with van der Waals surface area (Å²) in [5, 5.41) is 13.3. The molecule has 11 aromatic rings. The average molecular weight is 765 g/mol. The van der Waals surface area contributed by atoms with Gasteiger partial charge in [-0.25, -0.2) is 0 Å². The van der Waals surface area contributed by atoms with E-state index < -0.39 is 11.7 Å². The maximum Gasteiger partial charge on any atom is 0.416 e. The van der Waals surface area contributed by atoms with Gasteiger partial charge in [0.1, 0.15) is 0 Å². The van der Waals surface area contributed by atoms with Crippen LogP contribution in [-0.4, -0.2) is 0 Å². The Morgan fingerprint density at radius 3 is 1.24 bits per heavy atom. The van der Waals surface area contributed by atoms with E-state index >= 15 is 0 Å². The number of hydrogen-bond acceptors (Lipinski definition) is 0. The Morgan fingerprint density at radius 2 is 0.729 bits per heavy atom. The van der Waals surface area contributed by atoms with Gasteiger partial charge in [-0.2, -0.15) is 13.2 Å². The van der Waals surface area contributed by atoms with Gasteiger partial charge < -0.3 is 0 Å². The molecule has 0 spiro atoms. The lowest BCUT2D eigenvalue weighted by atomic mass is 9.85. The summed E-state index contributed by atoms with van der Waals surface area (Å²) in [6, 6.07) is 66.2. The third-order valence-electron chi connectivity index (χ3n) is 12.0. The fourth-order valence-corrected chi connectivity index (χ4v) is 9.18. The SMILES string of the molecule is Cc1ccc(-c2cc(-c3cc4ccccc4c4ccccc34)c3cc4cc(-c5cccc(C(F)(F)F)c5)cc(-c5cc6ccccc6c6ccccc56)c4cc3c2)cc1. The molecule has 11 aromatic carbocycles. The molecule has 0 amide bonds. The Balaban J connectivity index is 1.28. The van der Waals surface area contributed by atoms with Crippen LogP contribution in [0.5, 0.6) is 0 Å². The number of hydrogen-bond donors (Lipinski definition) is 0. The topological polar surface area (TPSA) is 0 Å². The number of fused-ring (bicyclic) bond motifs is 8. The highest BCUT2D eigenvalue weighted by atomic mass is 19.4. The quantitative estimate of drug-likeness (QED) is 0.124. The van der Waals surface area contributed by atoms with Crippen molar-refractivity contribution < 1.29 is 13.2 Å². The van der Waals surface area contributed by atoms with E-state index in [0.717, 1.165) is 98.9 Å². The molecule has 0 N–H and O–H groups in total. The zero-order valence-corrected chi connectivity index (χ0v) is 32.1. The predicted octanol–water partition coefficient (Wildman–Crippen LogP) is 16.6. The molecule has 0 heterocycles. The maximum absolute atomic E-state index is 14.2.